The van der Waals surface area contributed by atoms with Crippen LogP contribution in [0.5, 0.6) is 0 Å². The monoisotopic (exact) mass is 326 g/mol. The highest BCUT2D eigenvalue weighted by atomic mass is 15.3. The molecule has 0 atom stereocenters. The fraction of sp³-hybridized carbons (Fsp3) is 0.444. The highest BCUT2D eigenvalue weighted by molar-refractivity contribution is 5.74. The van der Waals surface area contributed by atoms with E-state index < -0.39 is 0 Å². The molecular formula is C18H26N6. The topological polar surface area (TPSA) is 70.3 Å². The lowest BCUT2D eigenvalue weighted by Gasteiger charge is -2.36. The van der Waals surface area contributed by atoms with E-state index in [-0.39, 0.29) is 0 Å². The Morgan fingerprint density at radius 1 is 1.08 bits per heavy atom. The summed E-state index contributed by atoms with van der Waals surface area (Å²) in [6, 6.07) is 10.6. The first kappa shape index (κ1) is 16.5. The molecule has 1 aromatic heterocycles. The summed E-state index contributed by atoms with van der Waals surface area (Å²) in [6.07, 6.45) is 2.64. The van der Waals surface area contributed by atoms with Gasteiger partial charge in [0.25, 0.3) is 0 Å². The molecule has 0 radical (unpaired) electrons. The third kappa shape index (κ3) is 3.94. The molecule has 0 bridgehead atoms. The van der Waals surface area contributed by atoms with Crippen molar-refractivity contribution in [2.75, 3.05) is 48.7 Å². The average molecular weight is 326 g/mol. The summed E-state index contributed by atoms with van der Waals surface area (Å²) in [4.78, 5) is 13.4. The number of nitrogens with one attached hydrogen (secondary N) is 1. The van der Waals surface area contributed by atoms with E-state index in [1.54, 1.807) is 6.33 Å². The molecule has 0 aliphatic carbocycles. The zero-order chi connectivity index (χ0) is 16.8. The molecule has 0 spiro atoms. The molecule has 1 saturated heterocycles. The molecule has 0 amide bonds. The van der Waals surface area contributed by atoms with Crippen LogP contribution >= 0.6 is 0 Å². The van der Waals surface area contributed by atoms with Gasteiger partial charge in [-0.15, -0.1) is 0 Å². The predicted molar refractivity (Wildman–Crippen MR) is 99.2 cm³/mol. The SMILES string of the molecule is CCCNc1ncnc(N2CCN(Cc3ccccc3)CC2)c1N. The molecule has 0 saturated carbocycles. The van der Waals surface area contributed by atoms with E-state index in [4.69, 9.17) is 5.73 Å². The zero-order valence-corrected chi connectivity index (χ0v) is 14.3. The van der Waals surface area contributed by atoms with Gasteiger partial charge in [0.1, 0.15) is 12.0 Å². The highest BCUT2D eigenvalue weighted by Crippen LogP contribution is 2.27. The normalized spacial score (nSPS) is 15.5. The van der Waals surface area contributed by atoms with Crippen LogP contribution in [-0.4, -0.2) is 47.6 Å². The van der Waals surface area contributed by atoms with E-state index in [2.05, 4.69) is 62.3 Å². The fourth-order valence-corrected chi connectivity index (χ4v) is 2.98. The Morgan fingerprint density at radius 3 is 2.54 bits per heavy atom. The quantitative estimate of drug-likeness (QED) is 0.848. The van der Waals surface area contributed by atoms with Crippen LogP contribution in [0.25, 0.3) is 0 Å². The Bertz CT molecular complexity index is 637. The van der Waals surface area contributed by atoms with E-state index in [1.165, 1.54) is 5.56 Å². The first-order valence-electron chi connectivity index (χ1n) is 8.63. The molecule has 6 nitrogen and oxygen atoms in total. The maximum atomic E-state index is 6.27. The Kier molecular flexibility index (Phi) is 5.48. The minimum absolute atomic E-state index is 0.655. The summed E-state index contributed by atoms with van der Waals surface area (Å²) in [6.45, 7) is 7.87. The third-order valence-electron chi connectivity index (χ3n) is 4.33. The second-order valence-corrected chi connectivity index (χ2v) is 6.14. The number of benzene rings is 1. The molecule has 1 aliphatic rings. The van der Waals surface area contributed by atoms with Gasteiger partial charge < -0.3 is 16.0 Å². The number of hydrogen-bond donors (Lipinski definition) is 2. The van der Waals surface area contributed by atoms with E-state index in [0.717, 1.165) is 57.3 Å². The van der Waals surface area contributed by atoms with Gasteiger partial charge in [-0.25, -0.2) is 9.97 Å². The zero-order valence-electron chi connectivity index (χ0n) is 14.3. The standard InChI is InChI=1S/C18H26N6/c1-2-8-20-17-16(19)18(22-14-21-17)24-11-9-23(10-12-24)13-15-6-4-3-5-7-15/h3-7,14H,2,8-13,19H2,1H3,(H,20,21,22). The van der Waals surface area contributed by atoms with Crippen molar-refractivity contribution in [1.82, 2.24) is 14.9 Å². The van der Waals surface area contributed by atoms with Crippen molar-refractivity contribution in [2.45, 2.75) is 19.9 Å². The van der Waals surface area contributed by atoms with Crippen molar-refractivity contribution in [3.63, 3.8) is 0 Å². The summed E-state index contributed by atoms with van der Waals surface area (Å²) in [7, 11) is 0. The molecule has 3 N–H and O–H groups in total. The average Bonchev–Trinajstić information content (AvgIpc) is 2.63. The predicted octanol–water partition coefficient (Wildman–Crippen LogP) is 2.20. The lowest BCUT2D eigenvalue weighted by Crippen LogP contribution is -2.46. The molecule has 1 fully saturated rings. The molecule has 1 aromatic carbocycles. The molecule has 3 rings (SSSR count). The largest absolute Gasteiger partial charge is 0.393 e. The van der Waals surface area contributed by atoms with Gasteiger partial charge in [-0.3, -0.25) is 4.90 Å². The van der Waals surface area contributed by atoms with Gasteiger partial charge in [0, 0.05) is 39.3 Å². The van der Waals surface area contributed by atoms with Crippen molar-refractivity contribution in [2.24, 2.45) is 0 Å². The second kappa shape index (κ2) is 7.97. The summed E-state index contributed by atoms with van der Waals surface area (Å²) in [5.41, 5.74) is 8.29. The Labute approximate surface area is 143 Å². The molecule has 24 heavy (non-hydrogen) atoms. The number of rotatable bonds is 6. The van der Waals surface area contributed by atoms with Gasteiger partial charge in [0.15, 0.2) is 11.6 Å². The van der Waals surface area contributed by atoms with Gasteiger partial charge in [0.05, 0.1) is 0 Å². The van der Waals surface area contributed by atoms with Gasteiger partial charge in [-0.2, -0.15) is 0 Å². The summed E-state index contributed by atoms with van der Waals surface area (Å²) >= 11 is 0. The summed E-state index contributed by atoms with van der Waals surface area (Å²) < 4.78 is 0. The summed E-state index contributed by atoms with van der Waals surface area (Å²) in [5.74, 6) is 1.59. The number of anilines is 3. The minimum atomic E-state index is 0.655. The molecule has 0 unspecified atom stereocenters. The van der Waals surface area contributed by atoms with Crippen LogP contribution in [0.15, 0.2) is 36.7 Å². The van der Waals surface area contributed by atoms with Crippen molar-refractivity contribution in [3.05, 3.63) is 42.2 Å². The number of aromatic nitrogens is 2. The van der Waals surface area contributed by atoms with Crippen LogP contribution in [-0.2, 0) is 6.54 Å². The van der Waals surface area contributed by atoms with Crippen LogP contribution in [0.3, 0.4) is 0 Å². The molecule has 2 aromatic rings. The molecule has 1 aliphatic heterocycles. The minimum Gasteiger partial charge on any atom is -0.393 e. The van der Waals surface area contributed by atoms with Gasteiger partial charge in [-0.05, 0) is 12.0 Å². The Hall–Kier alpha value is -2.34. The number of nitrogen functional groups attached to an aromatic ring is 1. The van der Waals surface area contributed by atoms with Crippen molar-refractivity contribution >= 4 is 17.3 Å². The number of nitrogens with two attached hydrogens (primary N) is 1. The maximum absolute atomic E-state index is 6.27. The van der Waals surface area contributed by atoms with Gasteiger partial charge in [0.2, 0.25) is 0 Å². The van der Waals surface area contributed by atoms with Gasteiger partial charge in [-0.1, -0.05) is 37.3 Å². The van der Waals surface area contributed by atoms with E-state index in [0.29, 0.717) is 5.69 Å². The van der Waals surface area contributed by atoms with Crippen LogP contribution < -0.4 is 16.0 Å². The van der Waals surface area contributed by atoms with Gasteiger partial charge >= 0.3 is 0 Å². The highest BCUT2D eigenvalue weighted by Gasteiger charge is 2.21. The van der Waals surface area contributed by atoms with Crippen molar-refractivity contribution in [1.29, 1.82) is 0 Å². The lowest BCUT2D eigenvalue weighted by molar-refractivity contribution is 0.249. The molecule has 2 heterocycles. The van der Waals surface area contributed by atoms with Crippen molar-refractivity contribution in [3.8, 4) is 0 Å². The number of nitrogens with zero attached hydrogens (tertiary/aromatic N) is 4. The smallest absolute Gasteiger partial charge is 0.157 e. The number of piperazine rings is 1. The van der Waals surface area contributed by atoms with E-state index in [1.807, 2.05) is 0 Å². The van der Waals surface area contributed by atoms with Crippen LogP contribution in [0.1, 0.15) is 18.9 Å². The molecule has 128 valence electrons. The maximum Gasteiger partial charge on any atom is 0.157 e. The van der Waals surface area contributed by atoms with Crippen LogP contribution in [0, 0.1) is 0 Å². The van der Waals surface area contributed by atoms with E-state index >= 15 is 0 Å². The second-order valence-electron chi connectivity index (χ2n) is 6.14. The first-order chi connectivity index (χ1) is 11.8. The van der Waals surface area contributed by atoms with E-state index in [9.17, 15) is 0 Å². The van der Waals surface area contributed by atoms with Crippen LogP contribution in [0.2, 0.25) is 0 Å². The third-order valence-corrected chi connectivity index (χ3v) is 4.33. The fourth-order valence-electron chi connectivity index (χ4n) is 2.98. The Morgan fingerprint density at radius 2 is 1.83 bits per heavy atom. The summed E-state index contributed by atoms with van der Waals surface area (Å²) in [5, 5.41) is 3.27. The lowest BCUT2D eigenvalue weighted by atomic mass is 10.2. The number of hydrogen-bond acceptors (Lipinski definition) is 6. The molecule has 6 heteroatoms. The molecular weight excluding hydrogens is 300 g/mol. The first-order valence-corrected chi connectivity index (χ1v) is 8.63. The van der Waals surface area contributed by atoms with Crippen molar-refractivity contribution < 1.29 is 0 Å². The van der Waals surface area contributed by atoms with Crippen LogP contribution in [0.4, 0.5) is 17.3 Å². The Balaban J connectivity index is 1.60.